The second-order valence-corrected chi connectivity index (χ2v) is 9.41. The summed E-state index contributed by atoms with van der Waals surface area (Å²) < 4.78 is 4.25. The lowest BCUT2D eigenvalue weighted by Gasteiger charge is -2.52. The Balaban J connectivity index is 0.000000485. The van der Waals surface area contributed by atoms with Gasteiger partial charge in [-0.05, 0) is 92.3 Å². The molecule has 4 aliphatic carbocycles. The average Bonchev–Trinajstić information content (AvgIpc) is 2.99. The van der Waals surface area contributed by atoms with Gasteiger partial charge < -0.3 is 4.74 Å². The molecule has 134 valence electrons. The number of rotatable bonds is 1. The van der Waals surface area contributed by atoms with E-state index in [1.165, 1.54) is 0 Å². The number of methoxy groups -OCH3 is 1. The van der Waals surface area contributed by atoms with Crippen LogP contribution in [-0.4, -0.2) is 14.2 Å². The van der Waals surface area contributed by atoms with Crippen LogP contribution in [0.15, 0.2) is 0 Å². The Bertz CT molecular complexity index is 363. The van der Waals surface area contributed by atoms with E-state index in [-0.39, 0.29) is 0 Å². The standard InChI is InChI=1S/C20H34.C2H6O/c1-13(2)15-9-10-20-17(15)11-12-18-16-6-4-3-5-14(16)7-8-19(18)20;1-3-2/h13-20H,3-12H2,1-2H3;1-2H3/t14?,15?,16?,17?,18?,19?,20-;/m1./s1. The highest BCUT2D eigenvalue weighted by molar-refractivity contribution is 5.00. The Morgan fingerprint density at radius 2 is 1.13 bits per heavy atom. The van der Waals surface area contributed by atoms with Gasteiger partial charge in [-0.15, -0.1) is 0 Å². The molecular formula is C22H40O. The molecule has 6 unspecified atom stereocenters. The minimum atomic E-state index is 0.938. The van der Waals surface area contributed by atoms with Crippen LogP contribution in [0.5, 0.6) is 0 Å². The highest BCUT2D eigenvalue weighted by Gasteiger charge is 2.51. The lowest BCUT2D eigenvalue weighted by molar-refractivity contribution is -0.0272. The summed E-state index contributed by atoms with van der Waals surface area (Å²) in [7, 11) is 3.25. The summed E-state index contributed by atoms with van der Waals surface area (Å²) in [4.78, 5) is 0. The maximum Gasteiger partial charge on any atom is 0.0351 e. The molecule has 0 aliphatic heterocycles. The van der Waals surface area contributed by atoms with Crippen LogP contribution >= 0.6 is 0 Å². The minimum absolute atomic E-state index is 0.938. The van der Waals surface area contributed by atoms with Gasteiger partial charge in [0.05, 0.1) is 0 Å². The first-order valence-electron chi connectivity index (χ1n) is 10.6. The molecule has 4 rings (SSSR count). The molecule has 0 bridgehead atoms. The summed E-state index contributed by atoms with van der Waals surface area (Å²) in [6.07, 6.45) is 15.8. The fraction of sp³-hybridized carbons (Fsp3) is 1.00. The first-order chi connectivity index (χ1) is 11.2. The Morgan fingerprint density at radius 3 is 1.87 bits per heavy atom. The molecule has 0 aromatic carbocycles. The quantitative estimate of drug-likeness (QED) is 0.561. The summed E-state index contributed by atoms with van der Waals surface area (Å²) >= 11 is 0. The lowest BCUT2D eigenvalue weighted by Crippen LogP contribution is -2.44. The summed E-state index contributed by atoms with van der Waals surface area (Å²) in [6, 6.07) is 0. The maximum atomic E-state index is 4.25. The molecule has 0 radical (unpaired) electrons. The summed E-state index contributed by atoms with van der Waals surface area (Å²) in [5, 5.41) is 0. The van der Waals surface area contributed by atoms with Crippen LogP contribution in [0.25, 0.3) is 0 Å². The number of hydrogen-bond acceptors (Lipinski definition) is 1. The van der Waals surface area contributed by atoms with Gasteiger partial charge in [-0.2, -0.15) is 0 Å². The second-order valence-electron chi connectivity index (χ2n) is 9.41. The molecule has 1 heteroatoms. The van der Waals surface area contributed by atoms with Crippen molar-refractivity contribution >= 4 is 0 Å². The highest BCUT2D eigenvalue weighted by Crippen LogP contribution is 2.59. The maximum absolute atomic E-state index is 4.25. The molecule has 4 fully saturated rings. The van der Waals surface area contributed by atoms with Gasteiger partial charge in [-0.3, -0.25) is 0 Å². The Kier molecular flexibility index (Phi) is 6.10. The number of hydrogen-bond donors (Lipinski definition) is 0. The van der Waals surface area contributed by atoms with Gasteiger partial charge in [0.25, 0.3) is 0 Å². The summed E-state index contributed by atoms with van der Waals surface area (Å²) in [5.74, 6) is 8.88. The predicted molar refractivity (Wildman–Crippen MR) is 98.4 cm³/mol. The second kappa shape index (κ2) is 7.89. The largest absolute Gasteiger partial charge is 0.388 e. The molecule has 0 aromatic heterocycles. The van der Waals surface area contributed by atoms with Crippen LogP contribution in [0.2, 0.25) is 0 Å². The van der Waals surface area contributed by atoms with E-state index < -0.39 is 0 Å². The van der Waals surface area contributed by atoms with Crippen molar-refractivity contribution in [2.75, 3.05) is 14.2 Å². The third kappa shape index (κ3) is 3.51. The third-order valence-corrected chi connectivity index (χ3v) is 8.11. The van der Waals surface area contributed by atoms with Gasteiger partial charge in [0, 0.05) is 14.2 Å². The van der Waals surface area contributed by atoms with E-state index in [0.29, 0.717) is 0 Å². The van der Waals surface area contributed by atoms with Crippen LogP contribution in [0, 0.1) is 47.3 Å². The van der Waals surface area contributed by atoms with Gasteiger partial charge in [0.1, 0.15) is 0 Å². The molecule has 0 saturated heterocycles. The number of fused-ring (bicyclic) bond motifs is 5. The molecule has 23 heavy (non-hydrogen) atoms. The van der Waals surface area contributed by atoms with E-state index in [1.807, 2.05) is 0 Å². The monoisotopic (exact) mass is 320 g/mol. The topological polar surface area (TPSA) is 9.23 Å². The Morgan fingerprint density at radius 1 is 0.609 bits per heavy atom. The molecule has 1 nitrogen and oxygen atoms in total. The summed E-state index contributed by atoms with van der Waals surface area (Å²) in [6.45, 7) is 4.97. The van der Waals surface area contributed by atoms with Gasteiger partial charge in [-0.25, -0.2) is 0 Å². The minimum Gasteiger partial charge on any atom is -0.388 e. The smallest absolute Gasteiger partial charge is 0.0351 e. The molecular weight excluding hydrogens is 280 g/mol. The van der Waals surface area contributed by atoms with Crippen molar-refractivity contribution in [2.45, 2.75) is 78.1 Å². The normalized spacial score (nSPS) is 45.5. The van der Waals surface area contributed by atoms with Gasteiger partial charge in [0.15, 0.2) is 0 Å². The highest BCUT2D eigenvalue weighted by atomic mass is 16.4. The first kappa shape index (κ1) is 17.8. The molecule has 0 aromatic rings. The first-order valence-corrected chi connectivity index (χ1v) is 10.6. The Hall–Kier alpha value is -0.0400. The van der Waals surface area contributed by atoms with E-state index in [1.54, 1.807) is 78.4 Å². The summed E-state index contributed by atoms with van der Waals surface area (Å²) in [5.41, 5.74) is 0. The lowest BCUT2D eigenvalue weighted by atomic mass is 9.53. The van der Waals surface area contributed by atoms with Gasteiger partial charge in [0.2, 0.25) is 0 Å². The van der Waals surface area contributed by atoms with E-state index in [0.717, 1.165) is 47.3 Å². The third-order valence-electron chi connectivity index (χ3n) is 8.11. The van der Waals surface area contributed by atoms with Crippen LogP contribution in [0.1, 0.15) is 78.1 Å². The van der Waals surface area contributed by atoms with Crippen LogP contribution in [0.4, 0.5) is 0 Å². The zero-order chi connectivity index (χ0) is 16.4. The molecule has 4 aliphatic rings. The van der Waals surface area contributed by atoms with Crippen LogP contribution in [0.3, 0.4) is 0 Å². The zero-order valence-corrected chi connectivity index (χ0v) is 16.1. The van der Waals surface area contributed by atoms with Crippen molar-refractivity contribution in [3.63, 3.8) is 0 Å². The van der Waals surface area contributed by atoms with Crippen molar-refractivity contribution < 1.29 is 4.74 Å². The van der Waals surface area contributed by atoms with E-state index in [9.17, 15) is 0 Å². The molecule has 0 amide bonds. The molecule has 7 atom stereocenters. The van der Waals surface area contributed by atoms with Crippen LogP contribution in [-0.2, 0) is 4.74 Å². The molecule has 0 N–H and O–H groups in total. The SMILES string of the molecule is CC(C)C1CC[C@@H]2C1CCC1C3CCCCC3CCC12.COC. The van der Waals surface area contributed by atoms with Crippen molar-refractivity contribution in [2.24, 2.45) is 47.3 Å². The predicted octanol–water partition coefficient (Wildman–Crippen LogP) is 6.17. The van der Waals surface area contributed by atoms with Crippen molar-refractivity contribution in [3.8, 4) is 0 Å². The van der Waals surface area contributed by atoms with Crippen LogP contribution < -0.4 is 0 Å². The van der Waals surface area contributed by atoms with E-state index >= 15 is 0 Å². The van der Waals surface area contributed by atoms with Gasteiger partial charge >= 0.3 is 0 Å². The fourth-order valence-corrected chi connectivity index (χ4v) is 7.36. The fourth-order valence-electron chi connectivity index (χ4n) is 7.36. The van der Waals surface area contributed by atoms with Crippen molar-refractivity contribution in [3.05, 3.63) is 0 Å². The Labute approximate surface area is 144 Å². The van der Waals surface area contributed by atoms with E-state index in [2.05, 4.69) is 18.6 Å². The molecule has 4 saturated carbocycles. The number of ether oxygens (including phenoxy) is 1. The molecule has 0 heterocycles. The average molecular weight is 321 g/mol. The van der Waals surface area contributed by atoms with Gasteiger partial charge in [-0.1, -0.05) is 33.1 Å². The van der Waals surface area contributed by atoms with E-state index in [4.69, 9.17) is 0 Å². The van der Waals surface area contributed by atoms with Crippen molar-refractivity contribution in [1.82, 2.24) is 0 Å². The molecule has 0 spiro atoms. The zero-order valence-electron chi connectivity index (χ0n) is 16.1. The van der Waals surface area contributed by atoms with Crippen molar-refractivity contribution in [1.29, 1.82) is 0 Å².